The van der Waals surface area contributed by atoms with E-state index in [4.69, 9.17) is 10.8 Å². The van der Waals surface area contributed by atoms with E-state index in [0.717, 1.165) is 0 Å². The van der Waals surface area contributed by atoms with Gasteiger partial charge in [0.2, 0.25) is 0 Å². The summed E-state index contributed by atoms with van der Waals surface area (Å²) in [7, 11) is 0. The van der Waals surface area contributed by atoms with Crippen molar-refractivity contribution in [3.63, 3.8) is 0 Å². The van der Waals surface area contributed by atoms with Crippen LogP contribution in [0, 0.1) is 12.7 Å². The second-order valence-corrected chi connectivity index (χ2v) is 4.92. The molecule has 0 saturated carbocycles. The summed E-state index contributed by atoms with van der Waals surface area (Å²) in [5, 5.41) is 9.00. The average Bonchev–Trinajstić information content (AvgIpc) is 2.73. The molecule has 0 aromatic heterocycles. The van der Waals surface area contributed by atoms with Crippen molar-refractivity contribution in [2.45, 2.75) is 18.9 Å². The highest BCUT2D eigenvalue weighted by Crippen LogP contribution is 2.22. The topological polar surface area (TPSA) is 83.6 Å². The second kappa shape index (κ2) is 4.62. The largest absolute Gasteiger partial charge is 0.480 e. The Labute approximate surface area is 109 Å². The zero-order valence-corrected chi connectivity index (χ0v) is 10.5. The Hall–Kier alpha value is -1.95. The number of amides is 1. The standard InChI is InChI=1S/C13H15FN2O3/c1-8-2-3-9(10(14)6-8)11(17)16-5-4-13(15,7-16)12(18)19/h2-3,6H,4-5,7,15H2,1H3,(H,18,19). The Morgan fingerprint density at radius 2 is 2.16 bits per heavy atom. The van der Waals surface area contributed by atoms with Crippen molar-refractivity contribution < 1.29 is 19.1 Å². The lowest BCUT2D eigenvalue weighted by Gasteiger charge is -2.20. The van der Waals surface area contributed by atoms with Crippen LogP contribution in [-0.4, -0.2) is 40.5 Å². The molecule has 0 aliphatic carbocycles. The molecular formula is C13H15FN2O3. The van der Waals surface area contributed by atoms with Gasteiger partial charge in [0.05, 0.1) is 5.56 Å². The molecule has 3 N–H and O–H groups in total. The zero-order chi connectivity index (χ0) is 14.2. The lowest BCUT2D eigenvalue weighted by molar-refractivity contribution is -0.142. The Morgan fingerprint density at radius 3 is 2.68 bits per heavy atom. The summed E-state index contributed by atoms with van der Waals surface area (Å²) in [6.07, 6.45) is 0.168. The molecule has 102 valence electrons. The molecule has 1 fully saturated rings. The molecule has 1 amide bonds. The highest BCUT2D eigenvalue weighted by Gasteiger charge is 2.43. The number of carbonyl (C=O) groups excluding carboxylic acids is 1. The second-order valence-electron chi connectivity index (χ2n) is 4.92. The van der Waals surface area contributed by atoms with Crippen LogP contribution in [0.15, 0.2) is 18.2 Å². The molecule has 6 heteroatoms. The summed E-state index contributed by atoms with van der Waals surface area (Å²) in [5.41, 5.74) is 4.91. The predicted molar refractivity (Wildman–Crippen MR) is 66.2 cm³/mol. The van der Waals surface area contributed by atoms with Crippen LogP contribution in [0.1, 0.15) is 22.3 Å². The molecule has 1 unspecified atom stereocenters. The van der Waals surface area contributed by atoms with Crippen molar-refractivity contribution in [1.29, 1.82) is 0 Å². The molecule has 19 heavy (non-hydrogen) atoms. The third-order valence-electron chi connectivity index (χ3n) is 3.37. The van der Waals surface area contributed by atoms with Gasteiger partial charge < -0.3 is 15.7 Å². The van der Waals surface area contributed by atoms with Gasteiger partial charge in [-0.3, -0.25) is 9.59 Å². The van der Waals surface area contributed by atoms with Gasteiger partial charge in [-0.2, -0.15) is 0 Å². The number of benzene rings is 1. The molecule has 0 bridgehead atoms. The van der Waals surface area contributed by atoms with Gasteiger partial charge in [-0.1, -0.05) is 6.07 Å². The number of nitrogens with zero attached hydrogens (tertiary/aromatic N) is 1. The minimum absolute atomic E-state index is 0.0553. The fraction of sp³-hybridized carbons (Fsp3) is 0.385. The summed E-state index contributed by atoms with van der Waals surface area (Å²) in [6.45, 7) is 1.84. The number of hydrogen-bond acceptors (Lipinski definition) is 3. The number of rotatable bonds is 2. The van der Waals surface area contributed by atoms with E-state index in [9.17, 15) is 14.0 Å². The molecule has 5 nitrogen and oxygen atoms in total. The van der Waals surface area contributed by atoms with Crippen molar-refractivity contribution in [3.8, 4) is 0 Å². The number of likely N-dealkylation sites (tertiary alicyclic amines) is 1. The lowest BCUT2D eigenvalue weighted by atomic mass is 10.0. The zero-order valence-electron chi connectivity index (χ0n) is 10.5. The van der Waals surface area contributed by atoms with Gasteiger partial charge in [-0.25, -0.2) is 4.39 Å². The number of carboxylic acid groups (broad SMARTS) is 1. The van der Waals surface area contributed by atoms with Crippen LogP contribution in [-0.2, 0) is 4.79 Å². The maximum Gasteiger partial charge on any atom is 0.325 e. The normalized spacial score (nSPS) is 22.6. The number of aryl methyl sites for hydroxylation is 1. The number of halogens is 1. The van der Waals surface area contributed by atoms with E-state index in [2.05, 4.69) is 0 Å². The van der Waals surface area contributed by atoms with E-state index in [1.807, 2.05) is 0 Å². The first kappa shape index (κ1) is 13.5. The van der Waals surface area contributed by atoms with Crippen LogP contribution in [0.3, 0.4) is 0 Å². The molecule has 1 aromatic rings. The summed E-state index contributed by atoms with van der Waals surface area (Å²) in [5.74, 6) is -2.27. The van der Waals surface area contributed by atoms with E-state index in [1.54, 1.807) is 13.0 Å². The molecule has 1 heterocycles. The van der Waals surface area contributed by atoms with Crippen molar-refractivity contribution in [3.05, 3.63) is 35.1 Å². The van der Waals surface area contributed by atoms with E-state index in [-0.39, 0.29) is 25.1 Å². The maximum absolute atomic E-state index is 13.7. The fourth-order valence-corrected chi connectivity index (χ4v) is 2.15. The smallest absolute Gasteiger partial charge is 0.325 e. The van der Waals surface area contributed by atoms with Crippen LogP contribution in [0.25, 0.3) is 0 Å². The number of hydrogen-bond donors (Lipinski definition) is 2. The van der Waals surface area contributed by atoms with Gasteiger partial charge in [0.1, 0.15) is 11.4 Å². The van der Waals surface area contributed by atoms with Gasteiger partial charge in [-0.15, -0.1) is 0 Å². The molecule has 0 spiro atoms. The number of nitrogens with two attached hydrogens (primary N) is 1. The summed E-state index contributed by atoms with van der Waals surface area (Å²) >= 11 is 0. The molecule has 2 rings (SSSR count). The fourth-order valence-electron chi connectivity index (χ4n) is 2.15. The minimum Gasteiger partial charge on any atom is -0.480 e. The van der Waals surface area contributed by atoms with Crippen molar-refractivity contribution >= 4 is 11.9 Å². The van der Waals surface area contributed by atoms with E-state index in [1.165, 1.54) is 17.0 Å². The highest BCUT2D eigenvalue weighted by atomic mass is 19.1. The van der Waals surface area contributed by atoms with Crippen LogP contribution in [0.4, 0.5) is 4.39 Å². The molecule has 0 radical (unpaired) electrons. The SMILES string of the molecule is Cc1ccc(C(=O)N2CCC(N)(C(=O)O)C2)c(F)c1. The van der Waals surface area contributed by atoms with E-state index >= 15 is 0 Å². The molecule has 1 aliphatic heterocycles. The lowest BCUT2D eigenvalue weighted by Crippen LogP contribution is -2.50. The summed E-state index contributed by atoms with van der Waals surface area (Å²) in [6, 6.07) is 4.32. The third-order valence-corrected chi connectivity index (χ3v) is 3.37. The molecule has 1 aliphatic rings. The van der Waals surface area contributed by atoms with Gasteiger partial charge in [0.25, 0.3) is 5.91 Å². The Kier molecular flexibility index (Phi) is 3.28. The minimum atomic E-state index is -1.43. The first-order valence-corrected chi connectivity index (χ1v) is 5.91. The first-order valence-electron chi connectivity index (χ1n) is 5.91. The quantitative estimate of drug-likeness (QED) is 0.828. The van der Waals surface area contributed by atoms with Gasteiger partial charge in [0.15, 0.2) is 0 Å². The highest BCUT2D eigenvalue weighted by molar-refractivity contribution is 5.95. The van der Waals surface area contributed by atoms with E-state index in [0.29, 0.717) is 5.56 Å². The summed E-state index contributed by atoms with van der Waals surface area (Å²) < 4.78 is 13.7. The Morgan fingerprint density at radius 1 is 1.47 bits per heavy atom. The maximum atomic E-state index is 13.7. The molecule has 1 aromatic carbocycles. The van der Waals surface area contributed by atoms with Gasteiger partial charge in [-0.05, 0) is 31.0 Å². The van der Waals surface area contributed by atoms with Crippen molar-refractivity contribution in [1.82, 2.24) is 4.90 Å². The Bertz CT molecular complexity index is 547. The van der Waals surface area contributed by atoms with Crippen LogP contribution >= 0.6 is 0 Å². The van der Waals surface area contributed by atoms with Crippen molar-refractivity contribution in [2.24, 2.45) is 5.73 Å². The number of aliphatic carboxylic acids is 1. The third kappa shape index (κ3) is 2.44. The number of carboxylic acids is 1. The molecular weight excluding hydrogens is 251 g/mol. The van der Waals surface area contributed by atoms with Crippen LogP contribution in [0.2, 0.25) is 0 Å². The van der Waals surface area contributed by atoms with Gasteiger partial charge >= 0.3 is 5.97 Å². The average molecular weight is 266 g/mol. The predicted octanol–water partition coefficient (Wildman–Crippen LogP) is 0.762. The van der Waals surface area contributed by atoms with Gasteiger partial charge in [0, 0.05) is 13.1 Å². The van der Waals surface area contributed by atoms with Crippen LogP contribution in [0.5, 0.6) is 0 Å². The molecule has 1 atom stereocenters. The van der Waals surface area contributed by atoms with Crippen molar-refractivity contribution in [2.75, 3.05) is 13.1 Å². The summed E-state index contributed by atoms with van der Waals surface area (Å²) in [4.78, 5) is 24.4. The van der Waals surface area contributed by atoms with E-state index < -0.39 is 23.2 Å². The Balaban J connectivity index is 2.20. The molecule has 1 saturated heterocycles. The monoisotopic (exact) mass is 266 g/mol. The first-order chi connectivity index (χ1) is 8.83. The van der Waals surface area contributed by atoms with Crippen LogP contribution < -0.4 is 5.73 Å². The number of carbonyl (C=O) groups is 2.